The van der Waals surface area contributed by atoms with Gasteiger partial charge in [0.1, 0.15) is 6.54 Å². The molecule has 5 rings (SSSR count). The van der Waals surface area contributed by atoms with Crippen LogP contribution in [0.2, 0.25) is 0 Å². The number of ether oxygens (including phenoxy) is 1. The summed E-state index contributed by atoms with van der Waals surface area (Å²) in [5.74, 6) is -0.246. The number of hydrogen-bond donors (Lipinski definition) is 1. The molecule has 0 saturated heterocycles. The zero-order valence-electron chi connectivity index (χ0n) is 20.2. The van der Waals surface area contributed by atoms with Crippen LogP contribution in [0.4, 0.5) is 5.82 Å². The maximum absolute atomic E-state index is 13.5. The van der Waals surface area contributed by atoms with Crippen LogP contribution in [0.15, 0.2) is 88.8 Å². The molecular formula is C26H25N7O4. The van der Waals surface area contributed by atoms with Gasteiger partial charge in [-0.25, -0.2) is 19.0 Å². The number of carbonyl (C=O) groups is 1. The molecular weight excluding hydrogens is 474 g/mol. The van der Waals surface area contributed by atoms with E-state index >= 15 is 0 Å². The molecule has 37 heavy (non-hydrogen) atoms. The molecule has 2 aromatic carbocycles. The molecule has 11 nitrogen and oxygen atoms in total. The molecule has 3 heterocycles. The second kappa shape index (κ2) is 10.5. The molecule has 1 N–H and O–H groups in total. The van der Waals surface area contributed by atoms with Gasteiger partial charge in [0.15, 0.2) is 17.0 Å². The second-order valence-corrected chi connectivity index (χ2v) is 8.38. The van der Waals surface area contributed by atoms with E-state index in [9.17, 15) is 14.4 Å². The van der Waals surface area contributed by atoms with Gasteiger partial charge in [-0.3, -0.25) is 14.2 Å². The normalized spacial score (nSPS) is 11.2. The average molecular weight is 500 g/mol. The quantitative estimate of drug-likeness (QED) is 0.331. The topological polar surface area (TPSA) is 118 Å². The van der Waals surface area contributed by atoms with Crippen LogP contribution in [-0.2, 0) is 29.2 Å². The zero-order chi connectivity index (χ0) is 25.8. The lowest BCUT2D eigenvalue weighted by Gasteiger charge is -2.12. The Labute approximate surface area is 211 Å². The van der Waals surface area contributed by atoms with Gasteiger partial charge in [-0.05, 0) is 17.7 Å². The minimum Gasteiger partial charge on any atom is -0.383 e. The fraction of sp³-hybridized carbons (Fsp3) is 0.192. The van der Waals surface area contributed by atoms with Crippen molar-refractivity contribution in [2.75, 3.05) is 19.0 Å². The van der Waals surface area contributed by atoms with E-state index in [1.54, 1.807) is 28.6 Å². The standard InChI is InChI=1S/C26H25N7O4/c1-37-15-14-30-18-27-24-23(30)25(35)32(26(36)31(24)16-19-8-4-2-5-9-19)17-22(34)28-21-12-13-33(29-21)20-10-6-3-7-11-20/h2-13,18H,14-17H2,1H3,(H,28,29,34). The third kappa shape index (κ3) is 4.98. The minimum absolute atomic E-state index is 0.195. The van der Waals surface area contributed by atoms with Gasteiger partial charge in [-0.1, -0.05) is 48.5 Å². The Morgan fingerprint density at radius 2 is 1.70 bits per heavy atom. The number of anilines is 1. The van der Waals surface area contributed by atoms with E-state index in [0.29, 0.717) is 19.0 Å². The van der Waals surface area contributed by atoms with Crippen LogP contribution in [0.25, 0.3) is 16.9 Å². The Balaban J connectivity index is 1.48. The van der Waals surface area contributed by atoms with Crippen molar-refractivity contribution < 1.29 is 9.53 Å². The predicted octanol–water partition coefficient (Wildman–Crippen LogP) is 1.88. The van der Waals surface area contributed by atoms with E-state index in [4.69, 9.17) is 4.74 Å². The molecule has 0 unspecified atom stereocenters. The lowest BCUT2D eigenvalue weighted by Crippen LogP contribution is -2.43. The van der Waals surface area contributed by atoms with Crippen molar-refractivity contribution in [2.45, 2.75) is 19.6 Å². The molecule has 0 spiro atoms. The van der Waals surface area contributed by atoms with Crippen molar-refractivity contribution in [2.24, 2.45) is 0 Å². The number of amides is 1. The number of nitrogens with zero attached hydrogens (tertiary/aromatic N) is 6. The number of nitrogens with one attached hydrogen (secondary N) is 1. The van der Waals surface area contributed by atoms with Crippen molar-refractivity contribution in [1.82, 2.24) is 28.5 Å². The predicted molar refractivity (Wildman–Crippen MR) is 138 cm³/mol. The molecule has 0 bridgehead atoms. The summed E-state index contributed by atoms with van der Waals surface area (Å²) in [7, 11) is 1.56. The summed E-state index contributed by atoms with van der Waals surface area (Å²) in [6.07, 6.45) is 3.22. The maximum Gasteiger partial charge on any atom is 0.333 e. The Morgan fingerprint density at radius 1 is 0.973 bits per heavy atom. The first-order valence-corrected chi connectivity index (χ1v) is 11.7. The van der Waals surface area contributed by atoms with Gasteiger partial charge >= 0.3 is 5.69 Å². The van der Waals surface area contributed by atoms with Gasteiger partial charge in [0, 0.05) is 25.9 Å². The van der Waals surface area contributed by atoms with Gasteiger partial charge in [0.05, 0.1) is 25.2 Å². The van der Waals surface area contributed by atoms with Gasteiger partial charge in [-0.15, -0.1) is 0 Å². The van der Waals surface area contributed by atoms with Gasteiger partial charge < -0.3 is 14.6 Å². The van der Waals surface area contributed by atoms with Crippen molar-refractivity contribution in [3.05, 3.63) is 106 Å². The summed E-state index contributed by atoms with van der Waals surface area (Å²) in [6, 6.07) is 20.5. The Morgan fingerprint density at radius 3 is 2.43 bits per heavy atom. The Bertz CT molecular complexity index is 1650. The first kappa shape index (κ1) is 23.9. The van der Waals surface area contributed by atoms with E-state index in [2.05, 4.69) is 15.4 Å². The number of fused-ring (bicyclic) bond motifs is 1. The van der Waals surface area contributed by atoms with E-state index in [-0.39, 0.29) is 17.7 Å². The average Bonchev–Trinajstić information content (AvgIpc) is 3.56. The van der Waals surface area contributed by atoms with Crippen molar-refractivity contribution >= 4 is 22.9 Å². The van der Waals surface area contributed by atoms with Crippen LogP contribution in [0, 0.1) is 0 Å². The van der Waals surface area contributed by atoms with E-state index in [1.165, 1.54) is 10.9 Å². The van der Waals surface area contributed by atoms with Gasteiger partial charge in [0.2, 0.25) is 5.91 Å². The summed E-state index contributed by atoms with van der Waals surface area (Å²) in [6.45, 7) is 0.444. The molecule has 5 aromatic rings. The minimum atomic E-state index is -0.622. The lowest BCUT2D eigenvalue weighted by atomic mass is 10.2. The van der Waals surface area contributed by atoms with E-state index in [1.807, 2.05) is 60.7 Å². The number of rotatable bonds is 9. The SMILES string of the molecule is COCCn1cnc2c1c(=O)n(CC(=O)Nc1ccn(-c3ccccc3)n1)c(=O)n2Cc1ccccc1. The summed E-state index contributed by atoms with van der Waals surface area (Å²) in [5.41, 5.74) is 0.962. The zero-order valence-corrected chi connectivity index (χ0v) is 20.2. The third-order valence-corrected chi connectivity index (χ3v) is 5.88. The highest BCUT2D eigenvalue weighted by atomic mass is 16.5. The first-order valence-electron chi connectivity index (χ1n) is 11.7. The monoisotopic (exact) mass is 499 g/mol. The molecule has 0 fully saturated rings. The van der Waals surface area contributed by atoms with Crippen LogP contribution < -0.4 is 16.6 Å². The fourth-order valence-corrected chi connectivity index (χ4v) is 4.09. The molecule has 0 radical (unpaired) electrons. The molecule has 1 amide bonds. The highest BCUT2D eigenvalue weighted by Crippen LogP contribution is 2.11. The first-order chi connectivity index (χ1) is 18.0. The molecule has 3 aromatic heterocycles. The van der Waals surface area contributed by atoms with Crippen LogP contribution in [0.3, 0.4) is 0 Å². The van der Waals surface area contributed by atoms with E-state index < -0.39 is 23.7 Å². The maximum atomic E-state index is 13.5. The second-order valence-electron chi connectivity index (χ2n) is 8.38. The van der Waals surface area contributed by atoms with Crippen LogP contribution in [0.5, 0.6) is 0 Å². The molecule has 0 atom stereocenters. The molecule has 11 heteroatoms. The van der Waals surface area contributed by atoms with Crippen LogP contribution in [-0.4, -0.2) is 48.1 Å². The molecule has 0 aliphatic carbocycles. The van der Waals surface area contributed by atoms with Gasteiger partial charge in [-0.2, -0.15) is 5.10 Å². The fourth-order valence-electron chi connectivity index (χ4n) is 4.09. The Kier molecular flexibility index (Phi) is 6.77. The van der Waals surface area contributed by atoms with Crippen molar-refractivity contribution in [3.63, 3.8) is 0 Å². The number of benzene rings is 2. The third-order valence-electron chi connectivity index (χ3n) is 5.88. The number of carbonyl (C=O) groups excluding carboxylic acids is 1. The van der Waals surface area contributed by atoms with Gasteiger partial charge in [0.25, 0.3) is 5.56 Å². The summed E-state index contributed by atoms with van der Waals surface area (Å²) >= 11 is 0. The molecule has 0 aliphatic rings. The number of methoxy groups -OCH3 is 1. The number of imidazole rings is 1. The lowest BCUT2D eigenvalue weighted by molar-refractivity contribution is -0.116. The number of para-hydroxylation sites is 1. The van der Waals surface area contributed by atoms with Crippen molar-refractivity contribution in [1.29, 1.82) is 0 Å². The van der Waals surface area contributed by atoms with Crippen LogP contribution in [0.1, 0.15) is 5.56 Å². The summed E-state index contributed by atoms with van der Waals surface area (Å²) in [5, 5.41) is 7.03. The number of aromatic nitrogens is 6. The largest absolute Gasteiger partial charge is 0.383 e. The van der Waals surface area contributed by atoms with E-state index in [0.717, 1.165) is 15.8 Å². The summed E-state index contributed by atoms with van der Waals surface area (Å²) < 4.78 is 10.7. The molecule has 188 valence electrons. The number of hydrogen-bond acceptors (Lipinski definition) is 6. The summed E-state index contributed by atoms with van der Waals surface area (Å²) in [4.78, 5) is 44.2. The highest BCUT2D eigenvalue weighted by Gasteiger charge is 2.20. The highest BCUT2D eigenvalue weighted by molar-refractivity contribution is 5.89. The smallest absolute Gasteiger partial charge is 0.333 e. The Hall–Kier alpha value is -4.77. The molecule has 0 aliphatic heterocycles. The van der Waals surface area contributed by atoms with Crippen molar-refractivity contribution in [3.8, 4) is 5.69 Å². The molecule has 0 saturated carbocycles. The van der Waals surface area contributed by atoms with Crippen LogP contribution >= 0.6 is 0 Å².